The van der Waals surface area contributed by atoms with Gasteiger partial charge in [0.25, 0.3) is 5.91 Å². The zero-order valence-electron chi connectivity index (χ0n) is 19.1. The van der Waals surface area contributed by atoms with E-state index in [1.54, 1.807) is 0 Å². The van der Waals surface area contributed by atoms with Crippen LogP contribution in [0.25, 0.3) is 0 Å². The van der Waals surface area contributed by atoms with Gasteiger partial charge in [-0.15, -0.1) is 0 Å². The van der Waals surface area contributed by atoms with Crippen molar-refractivity contribution < 1.29 is 24.3 Å². The molecule has 0 aliphatic carbocycles. The highest BCUT2D eigenvalue weighted by molar-refractivity contribution is 5.95. The topological polar surface area (TPSA) is 125 Å². The minimum Gasteiger partial charge on any atom is -0.391 e. The number of aliphatic hydroxyl groups is 1. The van der Waals surface area contributed by atoms with Gasteiger partial charge in [0, 0.05) is 6.54 Å². The molecule has 2 aliphatic rings. The van der Waals surface area contributed by atoms with E-state index in [0.717, 1.165) is 11.1 Å². The Balaban J connectivity index is 1.51. The number of benzene rings is 2. The number of carbonyl (C=O) groups excluding carboxylic acids is 3. The molecule has 2 aliphatic heterocycles. The fourth-order valence-corrected chi connectivity index (χ4v) is 4.71. The fraction of sp³-hybridized carbons (Fsp3) is 0.400. The third kappa shape index (κ3) is 4.68. The van der Waals surface area contributed by atoms with Crippen LogP contribution in [0.2, 0.25) is 0 Å². The number of likely N-dealkylation sites (tertiary alicyclic amines) is 1. The van der Waals surface area contributed by atoms with E-state index in [4.69, 9.17) is 10.6 Å². The van der Waals surface area contributed by atoms with Crippen molar-refractivity contribution in [1.82, 2.24) is 15.3 Å². The lowest BCUT2D eigenvalue weighted by atomic mass is 9.87. The molecule has 2 heterocycles. The van der Waals surface area contributed by atoms with Crippen LogP contribution in [-0.4, -0.2) is 63.1 Å². The second-order valence-electron chi connectivity index (χ2n) is 8.93. The molecular formula is C25H30N4O5. The highest BCUT2D eigenvalue weighted by atomic mass is 16.7. The highest BCUT2D eigenvalue weighted by Gasteiger charge is 2.62. The molecule has 2 aromatic rings. The van der Waals surface area contributed by atoms with E-state index in [-0.39, 0.29) is 12.5 Å². The van der Waals surface area contributed by atoms with Gasteiger partial charge in [-0.1, -0.05) is 60.7 Å². The number of nitrogens with zero attached hydrogens (tertiary/aromatic N) is 2. The van der Waals surface area contributed by atoms with E-state index < -0.39 is 35.5 Å². The van der Waals surface area contributed by atoms with E-state index in [9.17, 15) is 19.5 Å². The number of hydrogen-bond acceptors (Lipinski definition) is 6. The van der Waals surface area contributed by atoms with Crippen LogP contribution in [0, 0.1) is 0 Å². The molecule has 0 radical (unpaired) electrons. The van der Waals surface area contributed by atoms with Gasteiger partial charge >= 0.3 is 0 Å². The molecule has 34 heavy (non-hydrogen) atoms. The Kier molecular flexibility index (Phi) is 6.97. The first kappa shape index (κ1) is 23.9. The van der Waals surface area contributed by atoms with Crippen molar-refractivity contribution in [3.05, 3.63) is 71.8 Å². The van der Waals surface area contributed by atoms with Gasteiger partial charge in [0.1, 0.15) is 18.2 Å². The summed E-state index contributed by atoms with van der Waals surface area (Å²) < 4.78 is 0. The van der Waals surface area contributed by atoms with E-state index in [0.29, 0.717) is 25.9 Å². The Bertz CT molecular complexity index is 1030. The number of primary amides is 1. The van der Waals surface area contributed by atoms with E-state index in [1.165, 1.54) is 12.0 Å². The summed E-state index contributed by atoms with van der Waals surface area (Å²) in [6, 6.07) is 17.3. The lowest BCUT2D eigenvalue weighted by Crippen LogP contribution is -2.73. The maximum absolute atomic E-state index is 13.3. The standard InChI is InChI=1S/C25H30N4O5/c1-17(30)21(22(26)31)27-23(32)20-12-13-25(28(20)14-18-8-4-2-5-9-18)16-29(24(25)33)34-15-19-10-6-3-7-11-19/h2-11,17,20-21,30H,12-16H2,1H3,(H2,26,31)(H,27,32)/t17-,20?,21+,25?/m1/s1. The molecule has 1 spiro atoms. The number of β-lactam (4-membered cyclic amide) rings is 1. The largest absolute Gasteiger partial charge is 0.391 e. The molecule has 2 fully saturated rings. The Morgan fingerprint density at radius 3 is 2.32 bits per heavy atom. The van der Waals surface area contributed by atoms with Crippen LogP contribution in [0.15, 0.2) is 60.7 Å². The van der Waals surface area contributed by atoms with E-state index in [1.807, 2.05) is 65.6 Å². The van der Waals surface area contributed by atoms with Gasteiger partial charge in [0.05, 0.1) is 18.7 Å². The van der Waals surface area contributed by atoms with Crippen LogP contribution in [-0.2, 0) is 32.4 Å². The lowest BCUT2D eigenvalue weighted by molar-refractivity contribution is -0.244. The summed E-state index contributed by atoms with van der Waals surface area (Å²) in [6.45, 7) is 2.39. The molecule has 2 saturated heterocycles. The van der Waals surface area contributed by atoms with Crippen LogP contribution in [0.5, 0.6) is 0 Å². The third-order valence-corrected chi connectivity index (χ3v) is 6.60. The molecule has 4 atom stereocenters. The number of aliphatic hydroxyl groups excluding tert-OH is 1. The molecule has 3 amide bonds. The maximum atomic E-state index is 13.3. The smallest absolute Gasteiger partial charge is 0.268 e. The van der Waals surface area contributed by atoms with Gasteiger partial charge < -0.3 is 16.2 Å². The van der Waals surface area contributed by atoms with Gasteiger partial charge in [-0.05, 0) is 30.9 Å². The van der Waals surface area contributed by atoms with Crippen molar-refractivity contribution in [3.8, 4) is 0 Å². The first-order valence-corrected chi connectivity index (χ1v) is 11.4. The van der Waals surface area contributed by atoms with Crippen LogP contribution in [0.3, 0.4) is 0 Å². The zero-order chi connectivity index (χ0) is 24.3. The Labute approximate surface area is 198 Å². The number of hydrogen-bond donors (Lipinski definition) is 3. The number of nitrogens with two attached hydrogens (primary N) is 1. The van der Waals surface area contributed by atoms with E-state index in [2.05, 4.69) is 5.32 Å². The molecule has 0 aromatic heterocycles. The summed E-state index contributed by atoms with van der Waals surface area (Å²) >= 11 is 0. The van der Waals surface area contributed by atoms with Gasteiger partial charge in [-0.3, -0.25) is 24.1 Å². The molecule has 0 saturated carbocycles. The fourth-order valence-electron chi connectivity index (χ4n) is 4.71. The number of rotatable bonds is 9. The second-order valence-corrected chi connectivity index (χ2v) is 8.93. The summed E-state index contributed by atoms with van der Waals surface area (Å²) in [7, 11) is 0. The zero-order valence-corrected chi connectivity index (χ0v) is 19.1. The van der Waals surface area contributed by atoms with Crippen molar-refractivity contribution in [2.24, 2.45) is 5.73 Å². The van der Waals surface area contributed by atoms with Crippen molar-refractivity contribution in [3.63, 3.8) is 0 Å². The predicted octanol–water partition coefficient (Wildman–Crippen LogP) is 0.715. The number of nitrogens with one attached hydrogen (secondary N) is 1. The Hall–Kier alpha value is -3.27. The average molecular weight is 467 g/mol. The van der Waals surface area contributed by atoms with Gasteiger partial charge in [-0.2, -0.15) is 0 Å². The monoisotopic (exact) mass is 466 g/mol. The third-order valence-electron chi connectivity index (χ3n) is 6.60. The lowest BCUT2D eigenvalue weighted by Gasteiger charge is -2.50. The van der Waals surface area contributed by atoms with Gasteiger partial charge in [0.2, 0.25) is 11.8 Å². The SMILES string of the molecule is C[C@@H](O)[C@H](NC(=O)C1CCC2(CN(OCc3ccccc3)C2=O)N1Cc1ccccc1)C(N)=O. The Morgan fingerprint density at radius 2 is 1.76 bits per heavy atom. The van der Waals surface area contributed by atoms with Crippen molar-refractivity contribution in [2.45, 2.75) is 56.6 Å². The minimum absolute atomic E-state index is 0.184. The molecule has 9 heteroatoms. The average Bonchev–Trinajstić information content (AvgIpc) is 3.21. The Morgan fingerprint density at radius 1 is 1.15 bits per heavy atom. The summed E-state index contributed by atoms with van der Waals surface area (Å²) in [6.07, 6.45) is -0.216. The molecule has 0 bridgehead atoms. The predicted molar refractivity (Wildman–Crippen MR) is 123 cm³/mol. The van der Waals surface area contributed by atoms with Gasteiger partial charge in [0.15, 0.2) is 0 Å². The van der Waals surface area contributed by atoms with Crippen LogP contribution < -0.4 is 11.1 Å². The number of amides is 3. The summed E-state index contributed by atoms with van der Waals surface area (Å²) in [5.74, 6) is -1.43. The first-order valence-electron chi connectivity index (χ1n) is 11.4. The van der Waals surface area contributed by atoms with Crippen molar-refractivity contribution in [2.75, 3.05) is 6.54 Å². The van der Waals surface area contributed by atoms with Crippen molar-refractivity contribution in [1.29, 1.82) is 0 Å². The molecular weight excluding hydrogens is 436 g/mol. The number of carbonyl (C=O) groups is 3. The summed E-state index contributed by atoms with van der Waals surface area (Å²) in [5, 5.41) is 13.8. The molecule has 2 unspecified atom stereocenters. The van der Waals surface area contributed by atoms with E-state index >= 15 is 0 Å². The second kappa shape index (κ2) is 9.92. The van der Waals surface area contributed by atoms with Gasteiger partial charge in [-0.25, -0.2) is 5.06 Å². The molecule has 9 nitrogen and oxygen atoms in total. The van der Waals surface area contributed by atoms with Crippen LogP contribution in [0.4, 0.5) is 0 Å². The summed E-state index contributed by atoms with van der Waals surface area (Å²) in [5.41, 5.74) is 6.40. The van der Waals surface area contributed by atoms with Crippen LogP contribution in [0.1, 0.15) is 30.9 Å². The van der Waals surface area contributed by atoms with Crippen LogP contribution >= 0.6 is 0 Å². The maximum Gasteiger partial charge on any atom is 0.268 e. The molecule has 180 valence electrons. The first-order chi connectivity index (χ1) is 16.3. The quantitative estimate of drug-likeness (QED) is 0.468. The minimum atomic E-state index is -1.20. The van der Waals surface area contributed by atoms with Crippen molar-refractivity contribution >= 4 is 17.7 Å². The normalized spacial score (nSPS) is 24.0. The summed E-state index contributed by atoms with van der Waals surface area (Å²) in [4.78, 5) is 45.8. The number of hydroxylamine groups is 2. The molecule has 4 N–H and O–H groups in total. The molecule has 4 rings (SSSR count). The molecule has 2 aromatic carbocycles. The highest BCUT2D eigenvalue weighted by Crippen LogP contribution is 2.43.